The number of hydrogen-bond donors (Lipinski definition) is 0. The van der Waals surface area contributed by atoms with Crippen molar-refractivity contribution >= 4 is 5.91 Å². The molecule has 2 aliphatic carbocycles. The predicted octanol–water partition coefficient (Wildman–Crippen LogP) is 2.67. The lowest BCUT2D eigenvalue weighted by Crippen LogP contribution is -2.50. The number of rotatable bonds is 5. The maximum absolute atomic E-state index is 12.9. The second kappa shape index (κ2) is 7.31. The molecule has 0 radical (unpaired) electrons. The van der Waals surface area contributed by atoms with Crippen LogP contribution >= 0.6 is 0 Å². The van der Waals surface area contributed by atoms with Crippen LogP contribution in [-0.2, 0) is 0 Å². The van der Waals surface area contributed by atoms with Crippen molar-refractivity contribution in [3.63, 3.8) is 0 Å². The van der Waals surface area contributed by atoms with Gasteiger partial charge < -0.3 is 14.4 Å². The lowest BCUT2D eigenvalue weighted by atomic mass is 9.93. The summed E-state index contributed by atoms with van der Waals surface area (Å²) < 4.78 is 10.6. The minimum absolute atomic E-state index is 0.0599. The van der Waals surface area contributed by atoms with Crippen LogP contribution in [0.5, 0.6) is 11.5 Å². The average molecular weight is 356 g/mol. The van der Waals surface area contributed by atoms with E-state index in [-0.39, 0.29) is 5.91 Å². The molecule has 0 N–H and O–H groups in total. The number of fused-ring (bicyclic) bond motifs is 2. The molecule has 2 bridgehead atoms. The molecule has 26 heavy (non-hydrogen) atoms. The van der Waals surface area contributed by atoms with Gasteiger partial charge in [0.2, 0.25) is 0 Å². The zero-order valence-electron chi connectivity index (χ0n) is 15.7. The van der Waals surface area contributed by atoms with Gasteiger partial charge in [-0.1, -0.05) is 12.2 Å². The van der Waals surface area contributed by atoms with Gasteiger partial charge in [-0.25, -0.2) is 0 Å². The highest BCUT2D eigenvalue weighted by molar-refractivity contribution is 5.95. The number of carbonyl (C=O) groups excluding carboxylic acids is 1. The van der Waals surface area contributed by atoms with E-state index in [9.17, 15) is 4.79 Å². The third-order valence-electron chi connectivity index (χ3n) is 6.17. The normalized spacial score (nSPS) is 27.8. The van der Waals surface area contributed by atoms with E-state index in [1.165, 1.54) is 19.4 Å². The zero-order valence-corrected chi connectivity index (χ0v) is 15.7. The number of nitrogens with zero attached hydrogens (tertiary/aromatic N) is 2. The van der Waals surface area contributed by atoms with Crippen LogP contribution in [0, 0.1) is 17.8 Å². The minimum Gasteiger partial charge on any atom is -0.497 e. The Morgan fingerprint density at radius 1 is 1.00 bits per heavy atom. The first kappa shape index (κ1) is 17.4. The van der Waals surface area contributed by atoms with Crippen LogP contribution in [0.25, 0.3) is 0 Å². The number of methoxy groups -OCH3 is 2. The largest absolute Gasteiger partial charge is 0.497 e. The van der Waals surface area contributed by atoms with Crippen LogP contribution in [0.1, 0.15) is 23.2 Å². The van der Waals surface area contributed by atoms with E-state index in [0.717, 1.165) is 43.9 Å². The van der Waals surface area contributed by atoms with Gasteiger partial charge in [-0.2, -0.15) is 0 Å². The van der Waals surface area contributed by atoms with Crippen molar-refractivity contribution in [2.75, 3.05) is 46.9 Å². The topological polar surface area (TPSA) is 42.0 Å². The summed E-state index contributed by atoms with van der Waals surface area (Å²) in [6, 6.07) is 5.37. The van der Waals surface area contributed by atoms with Crippen molar-refractivity contribution in [3.05, 3.63) is 35.9 Å². The van der Waals surface area contributed by atoms with Gasteiger partial charge in [0.25, 0.3) is 5.91 Å². The minimum atomic E-state index is 0.0599. The van der Waals surface area contributed by atoms with Crippen molar-refractivity contribution < 1.29 is 14.3 Å². The highest BCUT2D eigenvalue weighted by Gasteiger charge is 2.36. The predicted molar refractivity (Wildman–Crippen MR) is 101 cm³/mol. The van der Waals surface area contributed by atoms with E-state index >= 15 is 0 Å². The van der Waals surface area contributed by atoms with Crippen molar-refractivity contribution in [1.82, 2.24) is 9.80 Å². The smallest absolute Gasteiger partial charge is 0.254 e. The Labute approximate surface area is 155 Å². The molecule has 0 aromatic heterocycles. The summed E-state index contributed by atoms with van der Waals surface area (Å²) >= 11 is 0. The molecule has 3 atom stereocenters. The van der Waals surface area contributed by atoms with Gasteiger partial charge in [0.15, 0.2) is 0 Å². The average Bonchev–Trinajstić information content (AvgIpc) is 3.30. The molecule has 140 valence electrons. The van der Waals surface area contributed by atoms with Gasteiger partial charge in [-0.3, -0.25) is 9.69 Å². The molecule has 1 aromatic rings. The highest BCUT2D eigenvalue weighted by Crippen LogP contribution is 2.43. The molecule has 4 rings (SSSR count). The third-order valence-corrected chi connectivity index (χ3v) is 6.17. The molecule has 1 saturated heterocycles. The Hall–Kier alpha value is -2.01. The number of carbonyl (C=O) groups is 1. The summed E-state index contributed by atoms with van der Waals surface area (Å²) in [5.41, 5.74) is 0.632. The Kier molecular flexibility index (Phi) is 4.90. The first-order chi connectivity index (χ1) is 12.7. The molecule has 5 heteroatoms. The fraction of sp³-hybridized carbons (Fsp3) is 0.571. The number of allylic oxidation sites excluding steroid dienone is 2. The van der Waals surface area contributed by atoms with E-state index in [0.29, 0.717) is 17.1 Å². The second-order valence-corrected chi connectivity index (χ2v) is 7.73. The molecular weight excluding hydrogens is 328 g/mol. The summed E-state index contributed by atoms with van der Waals surface area (Å²) in [6.07, 6.45) is 7.54. The molecule has 2 fully saturated rings. The number of ether oxygens (including phenoxy) is 2. The van der Waals surface area contributed by atoms with E-state index in [1.807, 2.05) is 4.90 Å². The summed E-state index contributed by atoms with van der Waals surface area (Å²) in [5.74, 6) is 3.80. The van der Waals surface area contributed by atoms with Gasteiger partial charge in [0.05, 0.1) is 14.2 Å². The molecule has 1 heterocycles. The van der Waals surface area contributed by atoms with E-state index in [2.05, 4.69) is 17.1 Å². The van der Waals surface area contributed by atoms with E-state index < -0.39 is 0 Å². The van der Waals surface area contributed by atoms with Crippen LogP contribution in [-0.4, -0.2) is 62.7 Å². The van der Waals surface area contributed by atoms with Gasteiger partial charge in [-0.15, -0.1) is 0 Å². The maximum Gasteiger partial charge on any atom is 0.254 e. The number of hydrogen-bond acceptors (Lipinski definition) is 4. The third kappa shape index (κ3) is 3.45. The quantitative estimate of drug-likeness (QED) is 0.761. The van der Waals surface area contributed by atoms with Crippen LogP contribution < -0.4 is 9.47 Å². The Bertz CT molecular complexity index is 672. The first-order valence-corrected chi connectivity index (χ1v) is 9.59. The fourth-order valence-corrected chi connectivity index (χ4v) is 4.68. The van der Waals surface area contributed by atoms with Gasteiger partial charge in [-0.05, 0) is 42.7 Å². The molecule has 1 saturated carbocycles. The fourth-order valence-electron chi connectivity index (χ4n) is 4.68. The summed E-state index contributed by atoms with van der Waals surface area (Å²) in [4.78, 5) is 17.4. The SMILES string of the molecule is COc1cc(OC)cc(C(=O)N2CCN(C[C@@H]3C[C@@H]4C=C[C@H]3C4)CC2)c1. The Morgan fingerprint density at radius 3 is 2.23 bits per heavy atom. The number of piperazine rings is 1. The zero-order chi connectivity index (χ0) is 18.1. The highest BCUT2D eigenvalue weighted by atomic mass is 16.5. The van der Waals surface area contributed by atoms with Crippen LogP contribution in [0.3, 0.4) is 0 Å². The molecule has 1 aliphatic heterocycles. The molecule has 3 aliphatic rings. The summed E-state index contributed by atoms with van der Waals surface area (Å²) in [6.45, 7) is 4.68. The molecule has 0 unspecified atom stereocenters. The standard InChI is InChI=1S/C21H28N2O3/c1-25-19-11-17(12-20(13-19)26-2)21(24)23-7-5-22(6-8-23)14-18-10-15-3-4-16(18)9-15/h3-4,11-13,15-16,18H,5-10,14H2,1-2H3/t15-,16+,18+/m1/s1. The lowest BCUT2D eigenvalue weighted by Gasteiger charge is -2.37. The van der Waals surface area contributed by atoms with Crippen molar-refractivity contribution in [3.8, 4) is 11.5 Å². The Balaban J connectivity index is 1.34. The summed E-state index contributed by atoms with van der Waals surface area (Å²) in [7, 11) is 3.21. The Morgan fingerprint density at radius 2 is 1.69 bits per heavy atom. The van der Waals surface area contributed by atoms with Crippen LogP contribution in [0.2, 0.25) is 0 Å². The van der Waals surface area contributed by atoms with Crippen molar-refractivity contribution in [2.24, 2.45) is 17.8 Å². The summed E-state index contributed by atoms with van der Waals surface area (Å²) in [5, 5.41) is 0. The van der Waals surface area contributed by atoms with Crippen LogP contribution in [0.15, 0.2) is 30.4 Å². The maximum atomic E-state index is 12.9. The van der Waals surface area contributed by atoms with Gasteiger partial charge in [0, 0.05) is 44.4 Å². The van der Waals surface area contributed by atoms with Gasteiger partial charge in [0.1, 0.15) is 11.5 Å². The monoisotopic (exact) mass is 356 g/mol. The first-order valence-electron chi connectivity index (χ1n) is 9.59. The van der Waals surface area contributed by atoms with E-state index in [1.54, 1.807) is 32.4 Å². The number of amides is 1. The van der Waals surface area contributed by atoms with Gasteiger partial charge >= 0.3 is 0 Å². The molecular formula is C21H28N2O3. The number of benzene rings is 1. The molecule has 0 spiro atoms. The van der Waals surface area contributed by atoms with E-state index in [4.69, 9.17) is 9.47 Å². The molecule has 1 aromatic carbocycles. The van der Waals surface area contributed by atoms with Crippen molar-refractivity contribution in [2.45, 2.75) is 12.8 Å². The van der Waals surface area contributed by atoms with Crippen LogP contribution in [0.4, 0.5) is 0 Å². The second-order valence-electron chi connectivity index (χ2n) is 7.73. The lowest BCUT2D eigenvalue weighted by molar-refractivity contribution is 0.0609. The molecule has 5 nitrogen and oxygen atoms in total. The molecule has 1 amide bonds. The van der Waals surface area contributed by atoms with Crippen molar-refractivity contribution in [1.29, 1.82) is 0 Å².